The summed E-state index contributed by atoms with van der Waals surface area (Å²) in [6, 6.07) is 5.23. The molecule has 44 heavy (non-hydrogen) atoms. The summed E-state index contributed by atoms with van der Waals surface area (Å²) >= 11 is 0. The Hall–Kier alpha value is -3.00. The quantitative estimate of drug-likeness (QED) is 0.335. The summed E-state index contributed by atoms with van der Waals surface area (Å²) in [5.74, 6) is -0.287. The van der Waals surface area contributed by atoms with Crippen molar-refractivity contribution in [2.45, 2.75) is 71.1 Å². The summed E-state index contributed by atoms with van der Waals surface area (Å²) < 4.78 is 75.6. The van der Waals surface area contributed by atoms with Crippen LogP contribution in [0.25, 0.3) is 16.6 Å². The number of aromatic nitrogens is 2. The number of hydrogen-bond acceptors (Lipinski definition) is 6. The zero-order chi connectivity index (χ0) is 31.8. The summed E-state index contributed by atoms with van der Waals surface area (Å²) in [5, 5.41) is 0. The average Bonchev–Trinajstić information content (AvgIpc) is 3.33. The van der Waals surface area contributed by atoms with Gasteiger partial charge >= 0.3 is 0 Å². The van der Waals surface area contributed by atoms with Crippen LogP contribution in [0.1, 0.15) is 61.3 Å². The Morgan fingerprint density at radius 3 is 2.57 bits per heavy atom. The third kappa shape index (κ3) is 7.11. The van der Waals surface area contributed by atoms with E-state index >= 15 is 0 Å². The van der Waals surface area contributed by atoms with E-state index in [2.05, 4.69) is 14.6 Å². The first-order valence-corrected chi connectivity index (χ1v) is 16.7. The number of imidazole rings is 1. The Morgan fingerprint density at radius 2 is 1.93 bits per heavy atom. The van der Waals surface area contributed by atoms with Crippen molar-refractivity contribution in [3.8, 4) is 11.1 Å². The highest BCUT2D eigenvalue weighted by molar-refractivity contribution is 7.89. The molecular formula is C31H40F3N5O4S. The predicted octanol–water partition coefficient (Wildman–Crippen LogP) is 4.45. The molecule has 2 aliphatic heterocycles. The van der Waals surface area contributed by atoms with E-state index in [1.54, 1.807) is 27.0 Å². The second-order valence-electron chi connectivity index (χ2n) is 12.0. The lowest BCUT2D eigenvalue weighted by molar-refractivity contribution is -0.0308. The highest BCUT2D eigenvalue weighted by Gasteiger charge is 2.33. The zero-order valence-electron chi connectivity index (χ0n) is 25.5. The van der Waals surface area contributed by atoms with Crippen LogP contribution in [-0.2, 0) is 14.8 Å². The monoisotopic (exact) mass is 635 g/mol. The first kappa shape index (κ1) is 32.4. The van der Waals surface area contributed by atoms with Gasteiger partial charge in [-0.15, -0.1) is 0 Å². The van der Waals surface area contributed by atoms with Gasteiger partial charge in [0.1, 0.15) is 11.6 Å². The van der Waals surface area contributed by atoms with Crippen LogP contribution in [0.3, 0.4) is 0 Å². The fourth-order valence-corrected chi connectivity index (χ4v) is 6.90. The summed E-state index contributed by atoms with van der Waals surface area (Å²) in [4.78, 5) is 21.4. The van der Waals surface area contributed by atoms with Crippen molar-refractivity contribution in [2.24, 2.45) is 0 Å². The van der Waals surface area contributed by atoms with Crippen molar-refractivity contribution in [3.05, 3.63) is 59.4 Å². The van der Waals surface area contributed by atoms with E-state index in [1.165, 1.54) is 12.1 Å². The van der Waals surface area contributed by atoms with Crippen LogP contribution in [0.5, 0.6) is 0 Å². The first-order chi connectivity index (χ1) is 20.8. The molecule has 2 atom stereocenters. The van der Waals surface area contributed by atoms with Crippen LogP contribution in [0.15, 0.2) is 36.7 Å². The Kier molecular flexibility index (Phi) is 9.69. The smallest absolute Gasteiger partial charge is 0.255 e. The standard InChI is InChI=1S/C31H40F3N5O4S/c1-5-44(41,42)36-24-7-8-25(43-18-24)16-37-13-22(14-37)21-10-27(29-12-35-20(4)39(29)15-21)26-9-6-23(32)11-28(26)31(40)38(19(2)3)17-30(33)34/h6,9-12,15,19,22,24-25,30,36H,5,7-8,13-14,16-18H2,1-4H3/t24-,25+/m1/s1. The van der Waals surface area contributed by atoms with E-state index in [9.17, 15) is 26.4 Å². The highest BCUT2D eigenvalue weighted by atomic mass is 32.2. The highest BCUT2D eigenvalue weighted by Crippen LogP contribution is 2.36. The number of nitrogens with one attached hydrogen (secondary N) is 1. The van der Waals surface area contributed by atoms with Crippen LogP contribution in [0.2, 0.25) is 0 Å². The molecule has 3 aromatic rings. The van der Waals surface area contributed by atoms with Crippen molar-refractivity contribution in [1.82, 2.24) is 23.9 Å². The van der Waals surface area contributed by atoms with Gasteiger partial charge < -0.3 is 14.0 Å². The van der Waals surface area contributed by atoms with Gasteiger partial charge in [-0.05, 0) is 69.9 Å². The number of aryl methyl sites for hydroxylation is 1. The number of amides is 1. The van der Waals surface area contributed by atoms with Gasteiger partial charge in [-0.2, -0.15) is 0 Å². The van der Waals surface area contributed by atoms with E-state index in [0.717, 1.165) is 60.3 Å². The molecule has 2 saturated heterocycles. The number of benzene rings is 1. The van der Waals surface area contributed by atoms with E-state index in [4.69, 9.17) is 4.74 Å². The maximum absolute atomic E-state index is 14.5. The largest absolute Gasteiger partial charge is 0.375 e. The van der Waals surface area contributed by atoms with Gasteiger partial charge in [0.15, 0.2) is 0 Å². The van der Waals surface area contributed by atoms with Gasteiger partial charge in [0.05, 0.1) is 42.3 Å². The maximum Gasteiger partial charge on any atom is 0.255 e. The molecule has 1 aromatic carbocycles. The normalized spacial score (nSPS) is 20.0. The number of carbonyl (C=O) groups is 1. The minimum atomic E-state index is -3.27. The molecule has 2 aromatic heterocycles. The Morgan fingerprint density at radius 1 is 1.18 bits per heavy atom. The predicted molar refractivity (Wildman–Crippen MR) is 162 cm³/mol. The first-order valence-electron chi connectivity index (χ1n) is 15.1. The van der Waals surface area contributed by atoms with Crippen LogP contribution in [0, 0.1) is 12.7 Å². The lowest BCUT2D eigenvalue weighted by atomic mass is 9.89. The molecule has 13 heteroatoms. The fraction of sp³-hybridized carbons (Fsp3) is 0.548. The van der Waals surface area contributed by atoms with Crippen molar-refractivity contribution in [1.29, 1.82) is 0 Å². The van der Waals surface area contributed by atoms with Crippen LogP contribution in [-0.4, -0.2) is 96.7 Å². The number of likely N-dealkylation sites (tertiary alicyclic amines) is 1. The molecule has 0 saturated carbocycles. The topological polar surface area (TPSA) is 96.2 Å². The molecule has 5 rings (SSSR count). The molecule has 0 spiro atoms. The van der Waals surface area contributed by atoms with E-state index in [1.807, 2.05) is 23.6 Å². The minimum Gasteiger partial charge on any atom is -0.375 e. The number of hydrogen-bond donors (Lipinski definition) is 1. The maximum atomic E-state index is 14.5. The second-order valence-corrected chi connectivity index (χ2v) is 14.1. The molecule has 0 unspecified atom stereocenters. The molecule has 240 valence electrons. The molecule has 4 heterocycles. The summed E-state index contributed by atoms with van der Waals surface area (Å²) in [5.41, 5.74) is 2.93. The van der Waals surface area contributed by atoms with Crippen LogP contribution in [0.4, 0.5) is 13.2 Å². The minimum absolute atomic E-state index is 0.0252. The number of nitrogens with zero attached hydrogens (tertiary/aromatic N) is 4. The summed E-state index contributed by atoms with van der Waals surface area (Å²) in [6.07, 6.45) is 2.53. The zero-order valence-corrected chi connectivity index (χ0v) is 26.3. The SMILES string of the molecule is CCS(=O)(=O)N[C@@H]1CC[C@@H](CN2CC(c3cc(-c4ccc(F)cc4C(=O)N(CC(F)F)C(C)C)c4cnc(C)n4c3)C2)OC1. The fourth-order valence-electron chi connectivity index (χ4n) is 6.04. The number of halogens is 3. The average molecular weight is 636 g/mol. The number of rotatable bonds is 11. The molecule has 0 aliphatic carbocycles. The number of ether oxygens (including phenoxy) is 1. The third-order valence-electron chi connectivity index (χ3n) is 8.55. The number of carbonyl (C=O) groups excluding carboxylic acids is 1. The molecule has 2 aliphatic rings. The summed E-state index contributed by atoms with van der Waals surface area (Å²) in [6.45, 7) is 8.73. The second kappa shape index (κ2) is 13.2. The number of pyridine rings is 1. The van der Waals surface area contributed by atoms with Crippen molar-refractivity contribution >= 4 is 21.4 Å². The van der Waals surface area contributed by atoms with Crippen molar-refractivity contribution in [3.63, 3.8) is 0 Å². The van der Waals surface area contributed by atoms with Gasteiger partial charge in [-0.25, -0.2) is 31.3 Å². The van der Waals surface area contributed by atoms with Crippen molar-refractivity contribution < 1.29 is 31.1 Å². The van der Waals surface area contributed by atoms with Gasteiger partial charge in [0.2, 0.25) is 10.0 Å². The Bertz CT molecular complexity index is 1600. The van der Waals surface area contributed by atoms with Gasteiger partial charge in [0.25, 0.3) is 12.3 Å². The van der Waals surface area contributed by atoms with Crippen LogP contribution >= 0.6 is 0 Å². The molecule has 1 N–H and O–H groups in total. The number of alkyl halides is 2. The van der Waals surface area contributed by atoms with Gasteiger partial charge in [-0.3, -0.25) is 9.69 Å². The Balaban J connectivity index is 1.35. The molecule has 0 radical (unpaired) electrons. The van der Waals surface area contributed by atoms with Gasteiger partial charge in [0, 0.05) is 49.4 Å². The molecule has 0 bridgehead atoms. The molecule has 1 amide bonds. The van der Waals surface area contributed by atoms with Gasteiger partial charge in [-0.1, -0.05) is 6.07 Å². The molecular weight excluding hydrogens is 595 g/mol. The van der Waals surface area contributed by atoms with Crippen molar-refractivity contribution in [2.75, 3.05) is 38.5 Å². The summed E-state index contributed by atoms with van der Waals surface area (Å²) in [7, 11) is -3.27. The third-order valence-corrected chi connectivity index (χ3v) is 10.0. The molecule has 9 nitrogen and oxygen atoms in total. The number of fused-ring (bicyclic) bond motifs is 1. The lowest BCUT2D eigenvalue weighted by Crippen LogP contribution is -2.51. The molecule has 2 fully saturated rings. The van der Waals surface area contributed by atoms with Crippen LogP contribution < -0.4 is 4.72 Å². The number of sulfonamides is 1. The van der Waals surface area contributed by atoms with E-state index < -0.39 is 40.8 Å². The van der Waals surface area contributed by atoms with E-state index in [0.29, 0.717) is 17.7 Å². The van der Waals surface area contributed by atoms with E-state index in [-0.39, 0.29) is 29.4 Å². The Labute approximate surface area is 256 Å². The lowest BCUT2D eigenvalue weighted by Gasteiger charge is -2.42.